The van der Waals surface area contributed by atoms with Gasteiger partial charge in [-0.25, -0.2) is 0 Å². The average Bonchev–Trinajstić information content (AvgIpc) is 2.45. The summed E-state index contributed by atoms with van der Waals surface area (Å²) in [6, 6.07) is 14.7. The summed E-state index contributed by atoms with van der Waals surface area (Å²) in [5, 5.41) is 0. The smallest absolute Gasteiger partial charge is 0.306 e. The number of hydrogen-bond donors (Lipinski definition) is 0. The van der Waals surface area contributed by atoms with Crippen LogP contribution in [0.3, 0.4) is 0 Å². The molecule has 0 saturated heterocycles. The molecule has 0 aliphatic carbocycles. The van der Waals surface area contributed by atoms with Crippen molar-refractivity contribution in [2.45, 2.75) is 40.2 Å². The molecule has 0 amide bonds. The van der Waals surface area contributed by atoms with Crippen molar-refractivity contribution in [3.63, 3.8) is 0 Å². The number of ether oxygens (including phenoxy) is 1. The lowest BCUT2D eigenvalue weighted by atomic mass is 9.97. The molecule has 2 heteroatoms. The van der Waals surface area contributed by atoms with E-state index in [0.29, 0.717) is 13.0 Å². The second kappa shape index (κ2) is 7.07. The molecule has 2 nitrogen and oxygen atoms in total. The Balaban J connectivity index is 2.12. The minimum Gasteiger partial charge on any atom is -0.461 e. The van der Waals surface area contributed by atoms with E-state index >= 15 is 0 Å². The van der Waals surface area contributed by atoms with Gasteiger partial charge >= 0.3 is 5.97 Å². The maximum atomic E-state index is 11.4. The van der Waals surface area contributed by atoms with E-state index in [-0.39, 0.29) is 5.97 Å². The van der Waals surface area contributed by atoms with Crippen LogP contribution in [0.4, 0.5) is 0 Å². The van der Waals surface area contributed by atoms with Crippen LogP contribution in [0, 0.1) is 13.8 Å². The summed E-state index contributed by atoms with van der Waals surface area (Å²) in [4.78, 5) is 11.4. The van der Waals surface area contributed by atoms with E-state index in [4.69, 9.17) is 4.74 Å². The Labute approximate surface area is 126 Å². The first-order valence-corrected chi connectivity index (χ1v) is 7.42. The lowest BCUT2D eigenvalue weighted by Gasteiger charge is -2.10. The summed E-state index contributed by atoms with van der Waals surface area (Å²) < 4.78 is 5.25. The quantitative estimate of drug-likeness (QED) is 0.735. The third-order valence-electron chi connectivity index (χ3n) is 3.47. The number of hydrogen-bond acceptors (Lipinski definition) is 2. The molecular weight excluding hydrogens is 260 g/mol. The van der Waals surface area contributed by atoms with Crippen LogP contribution >= 0.6 is 0 Å². The molecule has 0 bridgehead atoms. The summed E-state index contributed by atoms with van der Waals surface area (Å²) in [7, 11) is 0. The number of carbonyl (C=O) groups excluding carboxylic acids is 1. The minimum atomic E-state index is -0.127. The van der Waals surface area contributed by atoms with Gasteiger partial charge in [0.15, 0.2) is 0 Å². The van der Waals surface area contributed by atoms with Gasteiger partial charge in [-0.3, -0.25) is 4.79 Å². The van der Waals surface area contributed by atoms with Gasteiger partial charge in [0.1, 0.15) is 6.61 Å². The van der Waals surface area contributed by atoms with Crippen molar-refractivity contribution in [1.29, 1.82) is 0 Å². The number of rotatable bonds is 5. The molecular formula is C19H22O2. The van der Waals surface area contributed by atoms with Gasteiger partial charge in [-0.15, -0.1) is 0 Å². The van der Waals surface area contributed by atoms with Gasteiger partial charge in [0.25, 0.3) is 0 Å². The fourth-order valence-corrected chi connectivity index (χ4v) is 2.39. The third-order valence-corrected chi connectivity index (χ3v) is 3.47. The first-order valence-electron chi connectivity index (χ1n) is 7.42. The number of benzene rings is 2. The highest BCUT2D eigenvalue weighted by Gasteiger charge is 2.05. The van der Waals surface area contributed by atoms with Gasteiger partial charge in [-0.1, -0.05) is 55.0 Å². The van der Waals surface area contributed by atoms with Gasteiger partial charge < -0.3 is 4.74 Å². The normalized spacial score (nSPS) is 10.4. The molecule has 0 saturated carbocycles. The van der Waals surface area contributed by atoms with E-state index in [0.717, 1.165) is 12.0 Å². The van der Waals surface area contributed by atoms with E-state index in [1.165, 1.54) is 22.3 Å². The molecule has 2 aromatic rings. The first-order chi connectivity index (χ1) is 10.1. The summed E-state index contributed by atoms with van der Waals surface area (Å²) >= 11 is 0. The number of aryl methyl sites for hydroxylation is 2. The van der Waals surface area contributed by atoms with Crippen LogP contribution < -0.4 is 0 Å². The zero-order chi connectivity index (χ0) is 15.2. The zero-order valence-electron chi connectivity index (χ0n) is 13.0. The van der Waals surface area contributed by atoms with Crippen molar-refractivity contribution in [2.75, 3.05) is 0 Å². The second-order valence-corrected chi connectivity index (χ2v) is 5.43. The highest BCUT2D eigenvalue weighted by Crippen LogP contribution is 2.25. The Morgan fingerprint density at radius 3 is 2.57 bits per heavy atom. The molecule has 0 aromatic heterocycles. The Kier molecular flexibility index (Phi) is 5.15. The first kappa shape index (κ1) is 15.3. The zero-order valence-corrected chi connectivity index (χ0v) is 13.0. The molecule has 0 spiro atoms. The summed E-state index contributed by atoms with van der Waals surface area (Å²) in [5.74, 6) is -0.127. The maximum absolute atomic E-state index is 11.4. The van der Waals surface area contributed by atoms with Crippen LogP contribution in [-0.2, 0) is 16.1 Å². The van der Waals surface area contributed by atoms with Gasteiger partial charge in [0, 0.05) is 6.42 Å². The predicted molar refractivity (Wildman–Crippen MR) is 86.1 cm³/mol. The lowest BCUT2D eigenvalue weighted by molar-refractivity contribution is -0.144. The van der Waals surface area contributed by atoms with Gasteiger partial charge in [-0.2, -0.15) is 0 Å². The van der Waals surface area contributed by atoms with E-state index in [9.17, 15) is 4.79 Å². The van der Waals surface area contributed by atoms with Crippen molar-refractivity contribution in [1.82, 2.24) is 0 Å². The molecule has 0 aliphatic heterocycles. The topological polar surface area (TPSA) is 26.3 Å². The van der Waals surface area contributed by atoms with Crippen LogP contribution in [-0.4, -0.2) is 5.97 Å². The molecule has 0 fully saturated rings. The lowest BCUT2D eigenvalue weighted by Crippen LogP contribution is -2.03. The molecule has 0 radical (unpaired) electrons. The highest BCUT2D eigenvalue weighted by atomic mass is 16.5. The molecule has 0 aliphatic rings. The summed E-state index contributed by atoms with van der Waals surface area (Å²) in [5.41, 5.74) is 5.94. The van der Waals surface area contributed by atoms with Crippen molar-refractivity contribution in [3.8, 4) is 11.1 Å². The molecule has 0 heterocycles. The van der Waals surface area contributed by atoms with E-state index < -0.39 is 0 Å². The molecule has 0 atom stereocenters. The van der Waals surface area contributed by atoms with Crippen LogP contribution in [0.1, 0.15) is 36.5 Å². The summed E-state index contributed by atoms with van der Waals surface area (Å²) in [6.07, 6.45) is 1.31. The fourth-order valence-electron chi connectivity index (χ4n) is 2.39. The Bertz CT molecular complexity index is 629. The largest absolute Gasteiger partial charge is 0.461 e. The van der Waals surface area contributed by atoms with Crippen LogP contribution in [0.25, 0.3) is 11.1 Å². The fraction of sp³-hybridized carbons (Fsp3) is 0.316. The van der Waals surface area contributed by atoms with Crippen LogP contribution in [0.2, 0.25) is 0 Å². The highest BCUT2D eigenvalue weighted by molar-refractivity contribution is 5.70. The monoisotopic (exact) mass is 282 g/mol. The molecule has 2 aromatic carbocycles. The number of esters is 1. The molecule has 0 unspecified atom stereocenters. The minimum absolute atomic E-state index is 0.127. The predicted octanol–water partition coefficient (Wildman–Crippen LogP) is 4.81. The SMILES string of the molecule is CCCC(=O)OCc1ccc(-c2cccc(C)c2)c(C)c1. The maximum Gasteiger partial charge on any atom is 0.306 e. The standard InChI is InChI=1S/C19H22O2/c1-4-6-19(20)21-13-16-9-10-18(15(3)12-16)17-8-5-7-14(2)11-17/h5,7-12H,4,6,13H2,1-3H3. The molecule has 21 heavy (non-hydrogen) atoms. The van der Waals surface area contributed by atoms with Crippen molar-refractivity contribution >= 4 is 5.97 Å². The van der Waals surface area contributed by atoms with Crippen LogP contribution in [0.5, 0.6) is 0 Å². The van der Waals surface area contributed by atoms with Crippen LogP contribution in [0.15, 0.2) is 42.5 Å². The second-order valence-electron chi connectivity index (χ2n) is 5.43. The number of carbonyl (C=O) groups is 1. The van der Waals surface area contributed by atoms with Crippen molar-refractivity contribution < 1.29 is 9.53 Å². The Morgan fingerprint density at radius 2 is 1.90 bits per heavy atom. The van der Waals surface area contributed by atoms with E-state index in [1.807, 2.05) is 13.0 Å². The van der Waals surface area contributed by atoms with Gasteiger partial charge in [0.05, 0.1) is 0 Å². The Hall–Kier alpha value is -2.09. The Morgan fingerprint density at radius 1 is 1.10 bits per heavy atom. The van der Waals surface area contributed by atoms with E-state index in [2.05, 4.69) is 50.2 Å². The molecule has 110 valence electrons. The van der Waals surface area contributed by atoms with Crippen molar-refractivity contribution in [2.24, 2.45) is 0 Å². The van der Waals surface area contributed by atoms with E-state index in [1.54, 1.807) is 0 Å². The van der Waals surface area contributed by atoms with Gasteiger partial charge in [-0.05, 0) is 42.5 Å². The third kappa shape index (κ3) is 4.19. The summed E-state index contributed by atoms with van der Waals surface area (Å²) in [6.45, 7) is 6.52. The molecule has 2 rings (SSSR count). The van der Waals surface area contributed by atoms with Gasteiger partial charge in [0.2, 0.25) is 0 Å². The molecule has 0 N–H and O–H groups in total. The van der Waals surface area contributed by atoms with Crippen molar-refractivity contribution in [3.05, 3.63) is 59.2 Å². The average molecular weight is 282 g/mol.